The zero-order chi connectivity index (χ0) is 7.90. The summed E-state index contributed by atoms with van der Waals surface area (Å²) in [7, 11) is 0. The maximum atomic E-state index is 2.36. The molecule has 0 amide bonds. The maximum absolute atomic E-state index is 2.36. The van der Waals surface area contributed by atoms with Crippen molar-refractivity contribution in [2.45, 2.75) is 32.1 Å². The number of hydrogen-bond donors (Lipinski definition) is 0. The molecule has 1 aliphatic carbocycles. The molecule has 0 aromatic heterocycles. The molecule has 0 radical (unpaired) electrons. The first-order chi connectivity index (χ1) is 5.22. The molecule has 0 spiro atoms. The molecule has 0 N–H and O–H groups in total. The van der Waals surface area contributed by atoms with Crippen LogP contribution in [0.1, 0.15) is 30.9 Å². The van der Waals surface area contributed by atoms with E-state index in [1.165, 1.54) is 18.4 Å². The van der Waals surface area contributed by atoms with Crippen LogP contribution in [0.15, 0.2) is 24.3 Å². The minimum Gasteiger partial charge on any atom is -0.0620 e. The maximum Gasteiger partial charge on any atom is -0.00720 e. The fraction of sp³-hybridized carbons (Fsp3) is 0.455. The molecule has 58 valence electrons. The second-order valence-electron chi connectivity index (χ2n) is 3.88. The zero-order valence-electron chi connectivity index (χ0n) is 7.22. The van der Waals surface area contributed by atoms with E-state index < -0.39 is 0 Å². The monoisotopic (exact) mass is 146 g/mol. The molecule has 1 aliphatic rings. The highest BCUT2D eigenvalue weighted by Gasteiger charge is 2.39. The van der Waals surface area contributed by atoms with E-state index in [9.17, 15) is 0 Å². The number of benzene rings is 1. The number of rotatable bonds is 1. The Labute approximate surface area is 68.3 Å². The summed E-state index contributed by atoms with van der Waals surface area (Å²) in [5.41, 5.74) is 3.54. The van der Waals surface area contributed by atoms with E-state index >= 15 is 0 Å². The Hall–Kier alpha value is -0.780. The van der Waals surface area contributed by atoms with Gasteiger partial charge < -0.3 is 0 Å². The van der Waals surface area contributed by atoms with Crippen molar-refractivity contribution in [3.8, 4) is 0 Å². The molecule has 11 heavy (non-hydrogen) atoms. The van der Waals surface area contributed by atoms with Gasteiger partial charge in [-0.3, -0.25) is 0 Å². The van der Waals surface area contributed by atoms with Crippen LogP contribution in [-0.2, 0) is 5.41 Å². The van der Waals surface area contributed by atoms with Crippen molar-refractivity contribution in [3.05, 3.63) is 35.4 Å². The highest BCUT2D eigenvalue weighted by atomic mass is 14.4. The highest BCUT2D eigenvalue weighted by Crippen LogP contribution is 2.48. The first-order valence-corrected chi connectivity index (χ1v) is 4.28. The summed E-state index contributed by atoms with van der Waals surface area (Å²) in [4.78, 5) is 0. The average Bonchev–Trinajstić information content (AvgIpc) is 2.70. The molecule has 2 rings (SSSR count). The number of aryl methyl sites for hydroxylation is 1. The SMILES string of the molecule is Cc1ccccc1C1(C)CC1. The van der Waals surface area contributed by atoms with Crippen molar-refractivity contribution in [2.75, 3.05) is 0 Å². The zero-order valence-corrected chi connectivity index (χ0v) is 7.22. The standard InChI is InChI=1S/C11H14/c1-9-5-3-4-6-10(9)11(2)7-8-11/h3-6H,7-8H2,1-2H3. The van der Waals surface area contributed by atoms with Gasteiger partial charge in [-0.05, 0) is 36.3 Å². The highest BCUT2D eigenvalue weighted by molar-refractivity contribution is 5.36. The van der Waals surface area contributed by atoms with Gasteiger partial charge in [0.25, 0.3) is 0 Å². The van der Waals surface area contributed by atoms with Crippen LogP contribution in [0.25, 0.3) is 0 Å². The molecule has 1 saturated carbocycles. The summed E-state index contributed by atoms with van der Waals surface area (Å²) in [6.07, 6.45) is 2.75. The second kappa shape index (κ2) is 2.10. The lowest BCUT2D eigenvalue weighted by Crippen LogP contribution is -2.01. The molecule has 0 heterocycles. The van der Waals surface area contributed by atoms with Crippen molar-refractivity contribution in [1.82, 2.24) is 0 Å². The fourth-order valence-corrected chi connectivity index (χ4v) is 1.71. The summed E-state index contributed by atoms with van der Waals surface area (Å²) in [6, 6.07) is 8.73. The smallest absolute Gasteiger partial charge is 0.00720 e. The molecule has 1 aromatic carbocycles. The molecular weight excluding hydrogens is 132 g/mol. The third-order valence-corrected chi connectivity index (χ3v) is 2.80. The Morgan fingerprint density at radius 2 is 1.82 bits per heavy atom. The van der Waals surface area contributed by atoms with Gasteiger partial charge in [-0.2, -0.15) is 0 Å². The van der Waals surface area contributed by atoms with Crippen LogP contribution in [0, 0.1) is 6.92 Å². The van der Waals surface area contributed by atoms with Crippen LogP contribution in [0.4, 0.5) is 0 Å². The second-order valence-corrected chi connectivity index (χ2v) is 3.88. The van der Waals surface area contributed by atoms with Crippen LogP contribution in [-0.4, -0.2) is 0 Å². The van der Waals surface area contributed by atoms with E-state index in [4.69, 9.17) is 0 Å². The van der Waals surface area contributed by atoms with E-state index in [0.717, 1.165) is 0 Å². The summed E-state index contributed by atoms with van der Waals surface area (Å²) in [5, 5.41) is 0. The lowest BCUT2D eigenvalue weighted by molar-refractivity contribution is 0.779. The van der Waals surface area contributed by atoms with Crippen LogP contribution < -0.4 is 0 Å². The van der Waals surface area contributed by atoms with Crippen molar-refractivity contribution in [3.63, 3.8) is 0 Å². The number of hydrogen-bond acceptors (Lipinski definition) is 0. The summed E-state index contributed by atoms with van der Waals surface area (Å²) < 4.78 is 0. The molecule has 0 bridgehead atoms. The minimum absolute atomic E-state index is 0.533. The summed E-state index contributed by atoms with van der Waals surface area (Å²) in [5.74, 6) is 0. The van der Waals surface area contributed by atoms with Crippen molar-refractivity contribution >= 4 is 0 Å². The van der Waals surface area contributed by atoms with E-state index in [-0.39, 0.29) is 0 Å². The van der Waals surface area contributed by atoms with Crippen molar-refractivity contribution < 1.29 is 0 Å². The van der Waals surface area contributed by atoms with E-state index in [1.807, 2.05) is 0 Å². The van der Waals surface area contributed by atoms with Gasteiger partial charge in [0.1, 0.15) is 0 Å². The van der Waals surface area contributed by atoms with Crippen LogP contribution in [0.5, 0.6) is 0 Å². The van der Waals surface area contributed by atoms with Crippen LogP contribution in [0.2, 0.25) is 0 Å². The van der Waals surface area contributed by atoms with E-state index in [1.54, 1.807) is 5.56 Å². The molecule has 0 atom stereocenters. The Morgan fingerprint density at radius 3 is 2.36 bits per heavy atom. The Kier molecular flexibility index (Phi) is 1.32. The normalized spacial score (nSPS) is 19.8. The average molecular weight is 146 g/mol. The Bertz CT molecular complexity index is 269. The van der Waals surface area contributed by atoms with Crippen molar-refractivity contribution in [2.24, 2.45) is 0 Å². The van der Waals surface area contributed by atoms with Gasteiger partial charge in [0.05, 0.1) is 0 Å². The van der Waals surface area contributed by atoms with E-state index in [2.05, 4.69) is 38.1 Å². The van der Waals surface area contributed by atoms with Gasteiger partial charge in [-0.15, -0.1) is 0 Å². The quantitative estimate of drug-likeness (QED) is 0.571. The molecule has 0 heteroatoms. The summed E-state index contributed by atoms with van der Waals surface area (Å²) >= 11 is 0. The largest absolute Gasteiger partial charge is 0.0620 e. The lowest BCUT2D eigenvalue weighted by atomic mass is 9.94. The van der Waals surface area contributed by atoms with Gasteiger partial charge in [0.2, 0.25) is 0 Å². The third kappa shape index (κ3) is 1.07. The van der Waals surface area contributed by atoms with Crippen LogP contribution >= 0.6 is 0 Å². The first-order valence-electron chi connectivity index (χ1n) is 4.28. The molecule has 0 nitrogen and oxygen atoms in total. The molecule has 1 aromatic rings. The van der Waals surface area contributed by atoms with Gasteiger partial charge in [-0.1, -0.05) is 31.2 Å². The topological polar surface area (TPSA) is 0 Å². The summed E-state index contributed by atoms with van der Waals surface area (Å²) in [6.45, 7) is 4.56. The Balaban J connectivity index is 2.45. The van der Waals surface area contributed by atoms with Gasteiger partial charge in [0.15, 0.2) is 0 Å². The Morgan fingerprint density at radius 1 is 1.18 bits per heavy atom. The predicted octanol–water partition coefficient (Wildman–Crippen LogP) is 3.05. The molecular formula is C11H14. The molecule has 0 unspecified atom stereocenters. The van der Waals surface area contributed by atoms with Crippen molar-refractivity contribution in [1.29, 1.82) is 0 Å². The molecule has 0 aliphatic heterocycles. The van der Waals surface area contributed by atoms with Gasteiger partial charge in [0, 0.05) is 0 Å². The minimum atomic E-state index is 0.533. The predicted molar refractivity (Wildman–Crippen MR) is 47.8 cm³/mol. The molecule has 0 saturated heterocycles. The van der Waals surface area contributed by atoms with Crippen LogP contribution in [0.3, 0.4) is 0 Å². The molecule has 1 fully saturated rings. The first kappa shape index (κ1) is 6.90. The van der Waals surface area contributed by atoms with Gasteiger partial charge in [-0.25, -0.2) is 0 Å². The fourth-order valence-electron chi connectivity index (χ4n) is 1.71. The van der Waals surface area contributed by atoms with Gasteiger partial charge >= 0.3 is 0 Å². The van der Waals surface area contributed by atoms with E-state index in [0.29, 0.717) is 5.41 Å². The third-order valence-electron chi connectivity index (χ3n) is 2.80. The lowest BCUT2D eigenvalue weighted by Gasteiger charge is -2.11.